The number of hydrogen-bond donors (Lipinski definition) is 0. The number of fused-ring (bicyclic) bond motifs is 6. The minimum atomic E-state index is 0.0558. The first kappa shape index (κ1) is 21.4. The van der Waals surface area contributed by atoms with Crippen molar-refractivity contribution in [1.82, 2.24) is 0 Å². The maximum absolute atomic E-state index is 6.39. The lowest BCUT2D eigenvalue weighted by Crippen LogP contribution is -2.11. The highest BCUT2D eigenvalue weighted by Gasteiger charge is 2.23. The molecule has 0 radical (unpaired) electrons. The lowest BCUT2D eigenvalue weighted by molar-refractivity contribution is 0.594. The van der Waals surface area contributed by atoms with Crippen LogP contribution in [0, 0.1) is 0 Å². The summed E-state index contributed by atoms with van der Waals surface area (Å²) < 4.78 is 9.14. The fraction of sp³-hybridized carbons (Fsp3) is 0.250. The molecule has 0 saturated heterocycles. The Hall–Kier alpha value is -3.10. The van der Waals surface area contributed by atoms with Gasteiger partial charge in [0.1, 0.15) is 11.2 Å². The topological polar surface area (TPSA) is 13.1 Å². The van der Waals surface area contributed by atoms with Gasteiger partial charge in [-0.15, -0.1) is 11.3 Å². The number of hydrogen-bond acceptors (Lipinski definition) is 2. The molecule has 6 rings (SSSR count). The van der Waals surface area contributed by atoms with Crippen molar-refractivity contribution >= 4 is 53.4 Å². The van der Waals surface area contributed by atoms with Gasteiger partial charge in [0.15, 0.2) is 0 Å². The minimum absolute atomic E-state index is 0.0558. The van der Waals surface area contributed by atoms with Gasteiger partial charge < -0.3 is 4.42 Å². The van der Waals surface area contributed by atoms with Gasteiger partial charge in [0.05, 0.1) is 0 Å². The van der Waals surface area contributed by atoms with Crippen molar-refractivity contribution in [2.24, 2.45) is 0 Å². The molecule has 0 unspecified atom stereocenters. The van der Waals surface area contributed by atoms with Crippen LogP contribution in [0.4, 0.5) is 0 Å². The lowest BCUT2D eigenvalue weighted by atomic mass is 9.83. The predicted molar refractivity (Wildman–Crippen MR) is 149 cm³/mol. The fourth-order valence-corrected chi connectivity index (χ4v) is 6.59. The standard InChI is InChI=1S/C32H30OS/c1-31(2,3)24-11-9-12-26-29(24)22-15-14-19(18-27(22)33-26)20-16-23-21-10-7-8-13-28(21)34-30(23)25(17-20)32(4,5)6/h7-18H,1-6H3. The molecule has 0 spiro atoms. The van der Waals surface area contributed by atoms with Crippen LogP contribution in [0.25, 0.3) is 53.2 Å². The normalized spacial score (nSPS) is 13.0. The highest BCUT2D eigenvalue weighted by atomic mass is 32.1. The van der Waals surface area contributed by atoms with Crippen LogP contribution in [-0.2, 0) is 10.8 Å². The Bertz CT molecular complexity index is 1710. The zero-order chi connectivity index (χ0) is 23.8. The number of thiophene rings is 1. The third-order valence-electron chi connectivity index (χ3n) is 6.92. The zero-order valence-electron chi connectivity index (χ0n) is 20.7. The summed E-state index contributed by atoms with van der Waals surface area (Å²) in [4.78, 5) is 0. The van der Waals surface area contributed by atoms with Gasteiger partial charge in [0.2, 0.25) is 0 Å². The second-order valence-electron chi connectivity index (χ2n) is 11.5. The molecule has 1 nitrogen and oxygen atoms in total. The molecule has 0 fully saturated rings. The van der Waals surface area contributed by atoms with E-state index in [9.17, 15) is 0 Å². The molecular weight excluding hydrogens is 432 g/mol. The maximum Gasteiger partial charge on any atom is 0.136 e. The van der Waals surface area contributed by atoms with E-state index in [0.717, 1.165) is 11.2 Å². The summed E-state index contributed by atoms with van der Waals surface area (Å²) in [5.41, 5.74) is 7.22. The van der Waals surface area contributed by atoms with Gasteiger partial charge in [-0.2, -0.15) is 0 Å². The number of benzene rings is 4. The molecule has 6 aromatic rings. The van der Waals surface area contributed by atoms with Crippen LogP contribution in [0.15, 0.2) is 77.2 Å². The van der Waals surface area contributed by atoms with Crippen LogP contribution >= 0.6 is 11.3 Å². The average molecular weight is 463 g/mol. The van der Waals surface area contributed by atoms with Crippen molar-refractivity contribution in [3.8, 4) is 11.1 Å². The first-order chi connectivity index (χ1) is 16.1. The Morgan fingerprint density at radius 2 is 1.35 bits per heavy atom. The summed E-state index contributed by atoms with van der Waals surface area (Å²) in [5.74, 6) is 0. The first-order valence-corrected chi connectivity index (χ1v) is 12.8. The molecule has 34 heavy (non-hydrogen) atoms. The summed E-state index contributed by atoms with van der Waals surface area (Å²) in [5, 5.41) is 5.13. The second-order valence-corrected chi connectivity index (χ2v) is 12.5. The Labute approximate surface area is 205 Å². The van der Waals surface area contributed by atoms with E-state index < -0.39 is 0 Å². The fourth-order valence-electron chi connectivity index (χ4n) is 5.18. The quantitative estimate of drug-likeness (QED) is 0.237. The summed E-state index contributed by atoms with van der Waals surface area (Å²) >= 11 is 1.91. The minimum Gasteiger partial charge on any atom is -0.456 e. The number of rotatable bonds is 1. The Kier molecular flexibility index (Phi) is 4.54. The highest BCUT2D eigenvalue weighted by Crippen LogP contribution is 2.44. The molecular formula is C32H30OS. The SMILES string of the molecule is CC(C)(C)c1cc(-c2ccc3c(c2)oc2cccc(C(C)(C)C)c23)cc2c1sc1ccccc12. The molecule has 0 saturated carbocycles. The lowest BCUT2D eigenvalue weighted by Gasteiger charge is -2.21. The average Bonchev–Trinajstić information content (AvgIpc) is 3.34. The molecule has 0 bridgehead atoms. The van der Waals surface area contributed by atoms with Crippen molar-refractivity contribution < 1.29 is 4.42 Å². The van der Waals surface area contributed by atoms with E-state index in [2.05, 4.69) is 114 Å². The van der Waals surface area contributed by atoms with E-state index in [1.807, 2.05) is 11.3 Å². The van der Waals surface area contributed by atoms with E-state index in [-0.39, 0.29) is 10.8 Å². The van der Waals surface area contributed by atoms with Gasteiger partial charge in [-0.1, -0.05) is 77.9 Å². The predicted octanol–water partition coefficient (Wildman–Crippen LogP) is 10.2. The second kappa shape index (κ2) is 7.20. The van der Waals surface area contributed by atoms with Gasteiger partial charge in [-0.05, 0) is 69.5 Å². The van der Waals surface area contributed by atoms with E-state index in [1.54, 1.807) is 0 Å². The molecule has 0 aliphatic heterocycles. The third-order valence-corrected chi connectivity index (χ3v) is 8.14. The van der Waals surface area contributed by atoms with Crippen molar-refractivity contribution in [3.05, 3.63) is 83.9 Å². The molecule has 0 amide bonds. The molecule has 0 atom stereocenters. The molecule has 170 valence electrons. The van der Waals surface area contributed by atoms with E-state index in [4.69, 9.17) is 4.42 Å². The van der Waals surface area contributed by atoms with Crippen LogP contribution < -0.4 is 0 Å². The molecule has 4 aromatic carbocycles. The number of furan rings is 1. The zero-order valence-corrected chi connectivity index (χ0v) is 21.6. The molecule has 0 aliphatic carbocycles. The van der Waals surface area contributed by atoms with Crippen molar-refractivity contribution in [2.75, 3.05) is 0 Å². The van der Waals surface area contributed by atoms with Crippen molar-refractivity contribution in [3.63, 3.8) is 0 Å². The monoisotopic (exact) mass is 462 g/mol. The van der Waals surface area contributed by atoms with Crippen LogP contribution in [0.5, 0.6) is 0 Å². The highest BCUT2D eigenvalue weighted by molar-refractivity contribution is 7.26. The van der Waals surface area contributed by atoms with Gasteiger partial charge in [-0.3, -0.25) is 0 Å². The van der Waals surface area contributed by atoms with E-state index >= 15 is 0 Å². The molecule has 2 heteroatoms. The van der Waals surface area contributed by atoms with Crippen LogP contribution in [0.3, 0.4) is 0 Å². The van der Waals surface area contributed by atoms with Gasteiger partial charge in [0, 0.05) is 30.9 Å². The van der Waals surface area contributed by atoms with Crippen LogP contribution in [0.2, 0.25) is 0 Å². The Morgan fingerprint density at radius 1 is 0.588 bits per heavy atom. The summed E-state index contributed by atoms with van der Waals surface area (Å²) in [6.07, 6.45) is 0. The van der Waals surface area contributed by atoms with Crippen LogP contribution in [-0.4, -0.2) is 0 Å². The molecule has 2 heterocycles. The molecule has 0 aliphatic rings. The third kappa shape index (κ3) is 3.27. The summed E-state index contributed by atoms with van der Waals surface area (Å²) in [6.45, 7) is 13.7. The summed E-state index contributed by atoms with van der Waals surface area (Å²) in [7, 11) is 0. The van der Waals surface area contributed by atoms with Gasteiger partial charge in [-0.25, -0.2) is 0 Å². The first-order valence-electron chi connectivity index (χ1n) is 12.0. The summed E-state index contributed by atoms with van der Waals surface area (Å²) in [6, 6.07) is 26.7. The van der Waals surface area contributed by atoms with Crippen LogP contribution in [0.1, 0.15) is 52.7 Å². The molecule has 2 aromatic heterocycles. The van der Waals surface area contributed by atoms with Gasteiger partial charge in [0.25, 0.3) is 0 Å². The Morgan fingerprint density at radius 3 is 2.12 bits per heavy atom. The van der Waals surface area contributed by atoms with E-state index in [0.29, 0.717) is 0 Å². The maximum atomic E-state index is 6.39. The van der Waals surface area contributed by atoms with Gasteiger partial charge >= 0.3 is 0 Å². The molecule has 0 N–H and O–H groups in total. The largest absolute Gasteiger partial charge is 0.456 e. The van der Waals surface area contributed by atoms with Crippen molar-refractivity contribution in [2.45, 2.75) is 52.4 Å². The smallest absolute Gasteiger partial charge is 0.136 e. The van der Waals surface area contributed by atoms with Crippen molar-refractivity contribution in [1.29, 1.82) is 0 Å². The van der Waals surface area contributed by atoms with E-state index in [1.165, 1.54) is 53.2 Å². The Balaban J connectivity index is 1.62.